The third kappa shape index (κ3) is 1.99. The predicted octanol–water partition coefficient (Wildman–Crippen LogP) is 1.03. The smallest absolute Gasteiger partial charge is 0.435 e. The fraction of sp³-hybridized carbons (Fsp3) is 0.400. The SMILES string of the molecule is Nc1c(C(F)(F)F)nc2c(c1C(=O)O)CCNC2. The average Bonchev–Trinajstić information content (AvgIpc) is 2.26. The molecular weight excluding hydrogens is 251 g/mol. The minimum Gasteiger partial charge on any atom is -0.478 e. The third-order valence-corrected chi connectivity index (χ3v) is 2.75. The first-order valence-electron chi connectivity index (χ1n) is 5.14. The van der Waals surface area contributed by atoms with Crippen LogP contribution in [-0.4, -0.2) is 22.6 Å². The van der Waals surface area contributed by atoms with Crippen molar-refractivity contribution >= 4 is 11.7 Å². The standard InChI is InChI=1S/C10H10F3N3O2/c11-10(12,13)8-7(14)6(9(17)18)4-1-2-15-3-5(4)16-8/h15H,1-3,14H2,(H,17,18). The van der Waals surface area contributed by atoms with Gasteiger partial charge in [-0.1, -0.05) is 0 Å². The zero-order valence-electron chi connectivity index (χ0n) is 9.14. The van der Waals surface area contributed by atoms with Crippen LogP contribution in [0.25, 0.3) is 0 Å². The van der Waals surface area contributed by atoms with Gasteiger partial charge in [-0.15, -0.1) is 0 Å². The molecular formula is C10H10F3N3O2. The van der Waals surface area contributed by atoms with Crippen molar-refractivity contribution in [1.29, 1.82) is 0 Å². The molecule has 98 valence electrons. The Kier molecular flexibility index (Phi) is 2.89. The Morgan fingerprint density at radius 2 is 2.11 bits per heavy atom. The highest BCUT2D eigenvalue weighted by atomic mass is 19.4. The van der Waals surface area contributed by atoms with Crippen molar-refractivity contribution in [2.45, 2.75) is 19.1 Å². The first kappa shape index (κ1) is 12.6. The molecule has 8 heteroatoms. The number of hydrogen-bond donors (Lipinski definition) is 3. The summed E-state index contributed by atoms with van der Waals surface area (Å²) in [6.45, 7) is 0.596. The topological polar surface area (TPSA) is 88.2 Å². The van der Waals surface area contributed by atoms with E-state index in [1.807, 2.05) is 0 Å². The van der Waals surface area contributed by atoms with Crippen LogP contribution < -0.4 is 11.1 Å². The molecule has 0 saturated carbocycles. The van der Waals surface area contributed by atoms with E-state index in [1.54, 1.807) is 0 Å². The molecule has 1 aromatic heterocycles. The average molecular weight is 261 g/mol. The summed E-state index contributed by atoms with van der Waals surface area (Å²) >= 11 is 0. The number of carboxylic acids is 1. The maximum Gasteiger partial charge on any atom is 0.435 e. The second-order valence-electron chi connectivity index (χ2n) is 3.90. The van der Waals surface area contributed by atoms with E-state index in [0.717, 1.165) is 0 Å². The van der Waals surface area contributed by atoms with Crippen molar-refractivity contribution in [2.24, 2.45) is 0 Å². The van der Waals surface area contributed by atoms with E-state index >= 15 is 0 Å². The lowest BCUT2D eigenvalue weighted by atomic mass is 9.97. The van der Waals surface area contributed by atoms with Crippen LogP contribution in [0.15, 0.2) is 0 Å². The summed E-state index contributed by atoms with van der Waals surface area (Å²) in [6.07, 6.45) is -4.47. The number of hydrogen-bond acceptors (Lipinski definition) is 4. The molecule has 1 aliphatic rings. The van der Waals surface area contributed by atoms with Crippen molar-refractivity contribution in [1.82, 2.24) is 10.3 Å². The van der Waals surface area contributed by atoms with Crippen LogP contribution >= 0.6 is 0 Å². The third-order valence-electron chi connectivity index (χ3n) is 2.75. The van der Waals surface area contributed by atoms with Gasteiger partial charge in [0.05, 0.1) is 16.9 Å². The van der Waals surface area contributed by atoms with Gasteiger partial charge in [-0.05, 0) is 18.5 Å². The first-order valence-corrected chi connectivity index (χ1v) is 5.14. The number of nitrogen functional groups attached to an aromatic ring is 1. The van der Waals surface area contributed by atoms with E-state index in [4.69, 9.17) is 10.8 Å². The first-order chi connectivity index (χ1) is 8.32. The number of halogens is 3. The molecule has 0 aromatic carbocycles. The highest BCUT2D eigenvalue weighted by molar-refractivity contribution is 5.96. The van der Waals surface area contributed by atoms with Crippen LogP contribution in [0.5, 0.6) is 0 Å². The molecule has 0 radical (unpaired) electrons. The Morgan fingerprint density at radius 3 is 2.67 bits per heavy atom. The second kappa shape index (κ2) is 4.13. The van der Waals surface area contributed by atoms with E-state index in [2.05, 4.69) is 10.3 Å². The molecule has 2 heterocycles. The van der Waals surface area contributed by atoms with E-state index < -0.39 is 29.1 Å². The summed E-state index contributed by atoms with van der Waals surface area (Å²) in [6, 6.07) is 0. The van der Waals surface area contributed by atoms with Gasteiger partial charge in [0, 0.05) is 6.54 Å². The van der Waals surface area contributed by atoms with Gasteiger partial charge in [0.2, 0.25) is 0 Å². The van der Waals surface area contributed by atoms with E-state index in [9.17, 15) is 18.0 Å². The molecule has 0 atom stereocenters. The summed E-state index contributed by atoms with van der Waals surface area (Å²) < 4.78 is 38.1. The number of anilines is 1. The molecule has 0 bridgehead atoms. The van der Waals surface area contributed by atoms with Crippen LogP contribution in [0.1, 0.15) is 27.3 Å². The Morgan fingerprint density at radius 1 is 1.44 bits per heavy atom. The molecule has 4 N–H and O–H groups in total. The van der Waals surface area contributed by atoms with Crippen LogP contribution in [0.2, 0.25) is 0 Å². The van der Waals surface area contributed by atoms with Crippen molar-refractivity contribution in [2.75, 3.05) is 12.3 Å². The summed E-state index contributed by atoms with van der Waals surface area (Å²) in [5.74, 6) is -1.46. The predicted molar refractivity (Wildman–Crippen MR) is 56.0 cm³/mol. The molecule has 0 unspecified atom stereocenters. The fourth-order valence-corrected chi connectivity index (χ4v) is 1.98. The van der Waals surface area contributed by atoms with Crippen LogP contribution in [0.3, 0.4) is 0 Å². The summed E-state index contributed by atoms with van der Waals surface area (Å²) in [5.41, 5.74) is 3.07. The van der Waals surface area contributed by atoms with Gasteiger partial charge in [-0.3, -0.25) is 0 Å². The highest BCUT2D eigenvalue weighted by Gasteiger charge is 2.39. The van der Waals surface area contributed by atoms with Crippen molar-refractivity contribution in [3.8, 4) is 0 Å². The number of nitrogens with one attached hydrogen (secondary N) is 1. The van der Waals surface area contributed by atoms with Crippen LogP contribution in [0.4, 0.5) is 18.9 Å². The molecule has 1 aromatic rings. The Labute approximate surface area is 99.8 Å². The summed E-state index contributed by atoms with van der Waals surface area (Å²) in [7, 11) is 0. The largest absolute Gasteiger partial charge is 0.478 e. The molecule has 5 nitrogen and oxygen atoms in total. The Balaban J connectivity index is 2.73. The van der Waals surface area contributed by atoms with E-state index in [0.29, 0.717) is 13.0 Å². The molecule has 0 amide bonds. The van der Waals surface area contributed by atoms with Gasteiger partial charge in [0.25, 0.3) is 0 Å². The quantitative estimate of drug-likeness (QED) is 0.702. The second-order valence-corrected chi connectivity index (χ2v) is 3.90. The van der Waals surface area contributed by atoms with E-state index in [-0.39, 0.29) is 17.8 Å². The maximum atomic E-state index is 12.7. The minimum absolute atomic E-state index is 0.0974. The molecule has 0 aliphatic carbocycles. The molecule has 1 aliphatic heterocycles. The maximum absolute atomic E-state index is 12.7. The van der Waals surface area contributed by atoms with Crippen LogP contribution in [0, 0.1) is 0 Å². The lowest BCUT2D eigenvalue weighted by Gasteiger charge is -2.22. The van der Waals surface area contributed by atoms with Crippen molar-refractivity contribution in [3.05, 3.63) is 22.5 Å². The molecule has 0 saturated heterocycles. The lowest BCUT2D eigenvalue weighted by Crippen LogP contribution is -2.29. The van der Waals surface area contributed by atoms with Gasteiger partial charge >= 0.3 is 12.1 Å². The van der Waals surface area contributed by atoms with Gasteiger partial charge in [0.1, 0.15) is 0 Å². The van der Waals surface area contributed by atoms with Crippen LogP contribution in [-0.2, 0) is 19.1 Å². The number of aromatic carboxylic acids is 1. The highest BCUT2D eigenvalue weighted by Crippen LogP contribution is 2.36. The lowest BCUT2D eigenvalue weighted by molar-refractivity contribution is -0.140. The monoisotopic (exact) mass is 261 g/mol. The van der Waals surface area contributed by atoms with Gasteiger partial charge in [-0.2, -0.15) is 13.2 Å². The van der Waals surface area contributed by atoms with Gasteiger partial charge in [0.15, 0.2) is 5.69 Å². The van der Waals surface area contributed by atoms with Crippen molar-refractivity contribution in [3.63, 3.8) is 0 Å². The number of aromatic nitrogens is 1. The number of nitrogens with zero attached hydrogens (tertiary/aromatic N) is 1. The number of carbonyl (C=O) groups is 1. The van der Waals surface area contributed by atoms with Gasteiger partial charge < -0.3 is 16.2 Å². The molecule has 0 fully saturated rings. The molecule has 18 heavy (non-hydrogen) atoms. The zero-order valence-corrected chi connectivity index (χ0v) is 9.14. The number of pyridine rings is 1. The fourth-order valence-electron chi connectivity index (χ4n) is 1.98. The zero-order chi connectivity index (χ0) is 13.5. The Bertz CT molecular complexity index is 514. The molecule has 2 rings (SSSR count). The van der Waals surface area contributed by atoms with Gasteiger partial charge in [-0.25, -0.2) is 9.78 Å². The minimum atomic E-state index is -4.76. The van der Waals surface area contributed by atoms with Crippen molar-refractivity contribution < 1.29 is 23.1 Å². The Hall–Kier alpha value is -1.83. The summed E-state index contributed by atoms with van der Waals surface area (Å²) in [5, 5.41) is 11.9. The number of carboxylic acid groups (broad SMARTS) is 1. The molecule has 0 spiro atoms. The number of alkyl halides is 3. The number of nitrogens with two attached hydrogens (primary N) is 1. The van der Waals surface area contributed by atoms with E-state index in [1.165, 1.54) is 0 Å². The number of fused-ring (bicyclic) bond motifs is 1. The summed E-state index contributed by atoms with van der Waals surface area (Å²) in [4.78, 5) is 14.5. The normalized spacial score (nSPS) is 15.3. The number of rotatable bonds is 1.